The first-order valence-corrected chi connectivity index (χ1v) is 8.67. The van der Waals surface area contributed by atoms with Gasteiger partial charge >= 0.3 is 5.97 Å². The zero-order chi connectivity index (χ0) is 18.5. The largest absolute Gasteiger partial charge is 0.497 e. The highest BCUT2D eigenvalue weighted by Crippen LogP contribution is 2.25. The molecule has 1 saturated heterocycles. The SMILES string of the molecule is COC(=O)c1ccc(N2CCN(C(C)c3cccc(OC)c3)CC2)nn1. The van der Waals surface area contributed by atoms with Crippen LogP contribution < -0.4 is 9.64 Å². The first-order chi connectivity index (χ1) is 12.6. The van der Waals surface area contributed by atoms with Crippen LogP contribution in [0.25, 0.3) is 0 Å². The van der Waals surface area contributed by atoms with Gasteiger partial charge in [-0.3, -0.25) is 4.90 Å². The number of rotatable bonds is 5. The summed E-state index contributed by atoms with van der Waals surface area (Å²) in [5.41, 5.74) is 1.47. The van der Waals surface area contributed by atoms with Crippen molar-refractivity contribution in [2.45, 2.75) is 13.0 Å². The Morgan fingerprint density at radius 1 is 1.08 bits per heavy atom. The Balaban J connectivity index is 1.60. The lowest BCUT2D eigenvalue weighted by molar-refractivity contribution is 0.0592. The van der Waals surface area contributed by atoms with Crippen molar-refractivity contribution in [1.82, 2.24) is 15.1 Å². The molecule has 0 amide bonds. The van der Waals surface area contributed by atoms with Gasteiger partial charge in [0.05, 0.1) is 14.2 Å². The number of methoxy groups -OCH3 is 2. The lowest BCUT2D eigenvalue weighted by Crippen LogP contribution is -2.47. The van der Waals surface area contributed by atoms with Crippen molar-refractivity contribution in [3.8, 4) is 5.75 Å². The highest BCUT2D eigenvalue weighted by molar-refractivity contribution is 5.86. The third-order valence-corrected chi connectivity index (χ3v) is 4.81. The summed E-state index contributed by atoms with van der Waals surface area (Å²) in [6.45, 7) is 5.80. The van der Waals surface area contributed by atoms with Crippen molar-refractivity contribution in [3.05, 3.63) is 47.7 Å². The Morgan fingerprint density at radius 2 is 1.85 bits per heavy atom. The van der Waals surface area contributed by atoms with Crippen molar-refractivity contribution in [1.29, 1.82) is 0 Å². The molecule has 1 fully saturated rings. The second-order valence-corrected chi connectivity index (χ2v) is 6.24. The minimum absolute atomic E-state index is 0.224. The van der Waals surface area contributed by atoms with Gasteiger partial charge in [-0.25, -0.2) is 4.79 Å². The van der Waals surface area contributed by atoms with Gasteiger partial charge in [0.25, 0.3) is 0 Å². The van der Waals surface area contributed by atoms with E-state index in [4.69, 9.17) is 4.74 Å². The van der Waals surface area contributed by atoms with Gasteiger partial charge in [-0.05, 0) is 36.8 Å². The Morgan fingerprint density at radius 3 is 2.46 bits per heavy atom. The Kier molecular flexibility index (Phi) is 5.68. The van der Waals surface area contributed by atoms with Crippen LogP contribution in [-0.4, -0.2) is 61.5 Å². The normalized spacial score (nSPS) is 16.2. The molecule has 0 radical (unpaired) electrons. The lowest BCUT2D eigenvalue weighted by Gasteiger charge is -2.38. The molecule has 2 heterocycles. The molecule has 0 spiro atoms. The van der Waals surface area contributed by atoms with Crippen LogP contribution in [0.1, 0.15) is 29.0 Å². The summed E-state index contributed by atoms with van der Waals surface area (Å²) in [6.07, 6.45) is 0. The van der Waals surface area contributed by atoms with Crippen LogP contribution in [0.3, 0.4) is 0 Å². The van der Waals surface area contributed by atoms with E-state index in [0.29, 0.717) is 6.04 Å². The Labute approximate surface area is 153 Å². The summed E-state index contributed by atoms with van der Waals surface area (Å²) in [7, 11) is 3.02. The van der Waals surface area contributed by atoms with Gasteiger partial charge < -0.3 is 14.4 Å². The van der Waals surface area contributed by atoms with Crippen LogP contribution in [0.15, 0.2) is 36.4 Å². The molecule has 0 saturated carbocycles. The summed E-state index contributed by atoms with van der Waals surface area (Å²) in [5.74, 6) is 1.20. The van der Waals surface area contributed by atoms with Gasteiger partial charge in [-0.1, -0.05) is 12.1 Å². The molecule has 7 heteroatoms. The Bertz CT molecular complexity index is 743. The number of carbonyl (C=O) groups is 1. The number of anilines is 1. The van der Waals surface area contributed by atoms with Crippen molar-refractivity contribution >= 4 is 11.8 Å². The molecular formula is C19H24N4O3. The molecule has 3 rings (SSSR count). The van der Waals surface area contributed by atoms with Crippen LogP contribution >= 0.6 is 0 Å². The lowest BCUT2D eigenvalue weighted by atomic mass is 10.1. The molecule has 1 aromatic heterocycles. The van der Waals surface area contributed by atoms with Crippen LogP contribution in [0.4, 0.5) is 5.82 Å². The van der Waals surface area contributed by atoms with E-state index >= 15 is 0 Å². The predicted molar refractivity (Wildman–Crippen MR) is 98.6 cm³/mol. The summed E-state index contributed by atoms with van der Waals surface area (Å²) in [6, 6.07) is 12.0. The second kappa shape index (κ2) is 8.14. The monoisotopic (exact) mass is 356 g/mol. The minimum atomic E-state index is -0.471. The number of piperazine rings is 1. The molecule has 7 nitrogen and oxygen atoms in total. The van der Waals surface area contributed by atoms with Crippen molar-refractivity contribution in [3.63, 3.8) is 0 Å². The van der Waals surface area contributed by atoms with Crippen LogP contribution in [0, 0.1) is 0 Å². The average molecular weight is 356 g/mol. The minimum Gasteiger partial charge on any atom is -0.497 e. The molecule has 0 aliphatic carbocycles. The fourth-order valence-corrected chi connectivity index (χ4v) is 3.16. The molecule has 1 aliphatic heterocycles. The highest BCUT2D eigenvalue weighted by atomic mass is 16.5. The molecule has 0 N–H and O–H groups in total. The average Bonchev–Trinajstić information content (AvgIpc) is 2.73. The molecule has 1 aliphatic rings. The topological polar surface area (TPSA) is 67.8 Å². The number of hydrogen-bond donors (Lipinski definition) is 0. The number of aromatic nitrogens is 2. The zero-order valence-electron chi connectivity index (χ0n) is 15.4. The van der Waals surface area contributed by atoms with E-state index in [0.717, 1.165) is 37.7 Å². The maximum Gasteiger partial charge on any atom is 0.358 e. The molecule has 1 atom stereocenters. The van der Waals surface area contributed by atoms with Crippen molar-refractivity contribution in [2.75, 3.05) is 45.3 Å². The fourth-order valence-electron chi connectivity index (χ4n) is 3.16. The highest BCUT2D eigenvalue weighted by Gasteiger charge is 2.23. The maximum absolute atomic E-state index is 11.4. The van der Waals surface area contributed by atoms with Gasteiger partial charge in [0.1, 0.15) is 5.75 Å². The van der Waals surface area contributed by atoms with Gasteiger partial charge in [0, 0.05) is 32.2 Å². The van der Waals surface area contributed by atoms with E-state index < -0.39 is 5.97 Å². The molecule has 26 heavy (non-hydrogen) atoms. The molecule has 0 bridgehead atoms. The van der Waals surface area contributed by atoms with Crippen molar-refractivity contribution < 1.29 is 14.3 Å². The first-order valence-electron chi connectivity index (χ1n) is 8.67. The molecule has 1 unspecified atom stereocenters. The zero-order valence-corrected chi connectivity index (χ0v) is 15.4. The van der Waals surface area contributed by atoms with Crippen LogP contribution in [0.5, 0.6) is 5.75 Å². The van der Waals surface area contributed by atoms with Gasteiger partial charge in [0.2, 0.25) is 0 Å². The third kappa shape index (κ3) is 3.94. The van der Waals surface area contributed by atoms with E-state index in [2.05, 4.69) is 43.8 Å². The van der Waals surface area contributed by atoms with E-state index in [1.807, 2.05) is 18.2 Å². The van der Waals surface area contributed by atoms with Crippen LogP contribution in [-0.2, 0) is 4.74 Å². The van der Waals surface area contributed by atoms with Gasteiger partial charge in [-0.15, -0.1) is 10.2 Å². The number of esters is 1. The number of carbonyl (C=O) groups excluding carboxylic acids is 1. The Hall–Kier alpha value is -2.67. The first kappa shape index (κ1) is 18.1. The van der Waals surface area contributed by atoms with E-state index in [1.54, 1.807) is 13.2 Å². The number of benzene rings is 1. The van der Waals surface area contributed by atoms with Crippen LogP contribution in [0.2, 0.25) is 0 Å². The number of nitrogens with zero attached hydrogens (tertiary/aromatic N) is 4. The van der Waals surface area contributed by atoms with Crippen molar-refractivity contribution in [2.24, 2.45) is 0 Å². The summed E-state index contributed by atoms with van der Waals surface area (Å²) in [5, 5.41) is 8.11. The summed E-state index contributed by atoms with van der Waals surface area (Å²) < 4.78 is 9.98. The van der Waals surface area contributed by atoms with E-state index in [1.165, 1.54) is 12.7 Å². The summed E-state index contributed by atoms with van der Waals surface area (Å²) in [4.78, 5) is 16.1. The second-order valence-electron chi connectivity index (χ2n) is 6.24. The number of hydrogen-bond acceptors (Lipinski definition) is 7. The molecular weight excluding hydrogens is 332 g/mol. The standard InChI is InChI=1S/C19H24N4O3/c1-14(15-5-4-6-16(13-15)25-2)22-9-11-23(12-10-22)18-8-7-17(20-21-18)19(24)26-3/h4-8,13-14H,9-12H2,1-3H3. The predicted octanol–water partition coefficient (Wildman–Crippen LogP) is 2.16. The maximum atomic E-state index is 11.4. The van der Waals surface area contributed by atoms with E-state index in [-0.39, 0.29) is 5.69 Å². The third-order valence-electron chi connectivity index (χ3n) is 4.81. The van der Waals surface area contributed by atoms with E-state index in [9.17, 15) is 4.79 Å². The summed E-state index contributed by atoms with van der Waals surface area (Å²) >= 11 is 0. The molecule has 2 aromatic rings. The number of ether oxygens (including phenoxy) is 2. The van der Waals surface area contributed by atoms with Gasteiger partial charge in [0.15, 0.2) is 11.5 Å². The van der Waals surface area contributed by atoms with Gasteiger partial charge in [-0.2, -0.15) is 0 Å². The molecule has 1 aromatic carbocycles. The molecule has 138 valence electrons. The smallest absolute Gasteiger partial charge is 0.358 e. The fraction of sp³-hybridized carbons (Fsp3) is 0.421. The quantitative estimate of drug-likeness (QED) is 0.761.